The van der Waals surface area contributed by atoms with Crippen LogP contribution >= 0.6 is 15.9 Å². The van der Waals surface area contributed by atoms with Crippen LogP contribution in [0.3, 0.4) is 0 Å². The van der Waals surface area contributed by atoms with Crippen LogP contribution in [0.2, 0.25) is 0 Å². The summed E-state index contributed by atoms with van der Waals surface area (Å²) in [5.74, 6) is 0. The molecule has 0 atom stereocenters. The average molecular weight is 340 g/mol. The summed E-state index contributed by atoms with van der Waals surface area (Å²) in [6.07, 6.45) is 0. The van der Waals surface area contributed by atoms with E-state index in [2.05, 4.69) is 70.1 Å². The van der Waals surface area contributed by atoms with Crippen molar-refractivity contribution in [3.05, 3.63) is 33.8 Å². The van der Waals surface area contributed by atoms with Gasteiger partial charge in [0, 0.05) is 49.8 Å². The van der Waals surface area contributed by atoms with Crippen molar-refractivity contribution in [1.29, 1.82) is 0 Å². The lowest BCUT2D eigenvalue weighted by molar-refractivity contribution is 0.148. The summed E-state index contributed by atoms with van der Waals surface area (Å²) in [5, 5.41) is 3.46. The van der Waals surface area contributed by atoms with Crippen molar-refractivity contribution in [3.63, 3.8) is 0 Å². The van der Waals surface area contributed by atoms with E-state index in [0.29, 0.717) is 6.04 Å². The van der Waals surface area contributed by atoms with Gasteiger partial charge < -0.3 is 10.2 Å². The Morgan fingerprint density at radius 3 is 2.50 bits per heavy atom. The summed E-state index contributed by atoms with van der Waals surface area (Å²) in [7, 11) is 2.20. The Morgan fingerprint density at radius 1 is 1.20 bits per heavy atom. The first kappa shape index (κ1) is 16.0. The molecule has 1 fully saturated rings. The first-order valence-corrected chi connectivity index (χ1v) is 8.25. The highest BCUT2D eigenvalue weighted by Crippen LogP contribution is 2.21. The summed E-state index contributed by atoms with van der Waals surface area (Å²) < 4.78 is 1.24. The highest BCUT2D eigenvalue weighted by atomic mass is 79.9. The second-order valence-electron chi connectivity index (χ2n) is 6.04. The number of piperazine rings is 1. The minimum absolute atomic E-state index is 0.527. The lowest BCUT2D eigenvalue weighted by Gasteiger charge is -2.32. The number of nitrogens with zero attached hydrogens (tertiary/aromatic N) is 2. The van der Waals surface area contributed by atoms with E-state index in [1.807, 2.05) is 0 Å². The molecule has 1 saturated heterocycles. The van der Waals surface area contributed by atoms with Gasteiger partial charge in [-0.3, -0.25) is 4.90 Å². The van der Waals surface area contributed by atoms with Gasteiger partial charge in [-0.05, 0) is 24.2 Å². The molecular formula is C16H26BrN3. The Morgan fingerprint density at radius 2 is 1.90 bits per heavy atom. The van der Waals surface area contributed by atoms with Crippen LogP contribution in [0.1, 0.15) is 25.0 Å². The largest absolute Gasteiger partial charge is 0.310 e. The van der Waals surface area contributed by atoms with Crippen molar-refractivity contribution < 1.29 is 0 Å². The number of hydrogen-bond acceptors (Lipinski definition) is 3. The molecule has 0 amide bonds. The van der Waals surface area contributed by atoms with Gasteiger partial charge in [-0.25, -0.2) is 0 Å². The second-order valence-corrected chi connectivity index (χ2v) is 6.90. The molecule has 1 aliphatic rings. The molecule has 1 aromatic rings. The van der Waals surface area contributed by atoms with E-state index < -0.39 is 0 Å². The smallest absolute Gasteiger partial charge is 0.0246 e. The summed E-state index contributed by atoms with van der Waals surface area (Å²) in [4.78, 5) is 4.93. The molecule has 112 valence electrons. The van der Waals surface area contributed by atoms with Crippen molar-refractivity contribution >= 4 is 15.9 Å². The summed E-state index contributed by atoms with van der Waals surface area (Å²) in [6, 6.07) is 7.28. The fourth-order valence-corrected chi connectivity index (χ4v) is 2.95. The van der Waals surface area contributed by atoms with Gasteiger partial charge in [0.1, 0.15) is 0 Å². The van der Waals surface area contributed by atoms with Gasteiger partial charge in [0.2, 0.25) is 0 Å². The maximum Gasteiger partial charge on any atom is 0.0246 e. The third-order valence-corrected chi connectivity index (χ3v) is 4.56. The number of halogens is 1. The molecule has 4 heteroatoms. The van der Waals surface area contributed by atoms with Crippen LogP contribution < -0.4 is 5.32 Å². The van der Waals surface area contributed by atoms with Gasteiger partial charge in [0.05, 0.1) is 0 Å². The quantitative estimate of drug-likeness (QED) is 0.889. The second kappa shape index (κ2) is 7.55. The van der Waals surface area contributed by atoms with Crippen LogP contribution in [0, 0.1) is 0 Å². The lowest BCUT2D eigenvalue weighted by Crippen LogP contribution is -2.43. The van der Waals surface area contributed by atoms with E-state index in [-0.39, 0.29) is 0 Å². The molecule has 0 aromatic heterocycles. The average Bonchev–Trinajstić information content (AvgIpc) is 2.41. The molecule has 0 aliphatic carbocycles. The number of hydrogen-bond donors (Lipinski definition) is 1. The molecule has 2 rings (SSSR count). The van der Waals surface area contributed by atoms with Gasteiger partial charge in [0.25, 0.3) is 0 Å². The molecular weight excluding hydrogens is 314 g/mol. The van der Waals surface area contributed by atoms with Gasteiger partial charge in [0.15, 0.2) is 0 Å². The molecule has 0 bridgehead atoms. The van der Waals surface area contributed by atoms with Crippen LogP contribution in [0.4, 0.5) is 0 Å². The highest BCUT2D eigenvalue weighted by molar-refractivity contribution is 9.10. The third-order valence-electron chi connectivity index (χ3n) is 3.82. The molecule has 20 heavy (non-hydrogen) atoms. The van der Waals surface area contributed by atoms with Crippen molar-refractivity contribution in [2.45, 2.75) is 33.0 Å². The topological polar surface area (TPSA) is 18.5 Å². The van der Waals surface area contributed by atoms with Crippen LogP contribution in [-0.4, -0.2) is 49.1 Å². The number of nitrogens with one attached hydrogen (secondary N) is 1. The normalized spacial score (nSPS) is 17.9. The van der Waals surface area contributed by atoms with Crippen molar-refractivity contribution in [3.8, 4) is 0 Å². The van der Waals surface area contributed by atoms with E-state index in [4.69, 9.17) is 0 Å². The zero-order valence-corrected chi connectivity index (χ0v) is 14.4. The van der Waals surface area contributed by atoms with E-state index in [1.165, 1.54) is 41.8 Å². The molecule has 1 aliphatic heterocycles. The Bertz CT molecular complexity index is 426. The van der Waals surface area contributed by atoms with Crippen molar-refractivity contribution in [2.75, 3.05) is 33.2 Å². The summed E-state index contributed by atoms with van der Waals surface area (Å²) >= 11 is 3.73. The SMILES string of the molecule is CC(C)NCc1ccc(CN2CCN(C)CC2)c(Br)c1. The first-order chi connectivity index (χ1) is 9.54. The van der Waals surface area contributed by atoms with Gasteiger partial charge in [-0.15, -0.1) is 0 Å². The predicted molar refractivity (Wildman–Crippen MR) is 88.9 cm³/mol. The molecule has 1 N–H and O–H groups in total. The number of benzene rings is 1. The van der Waals surface area contributed by atoms with E-state index in [0.717, 1.165) is 13.1 Å². The summed E-state index contributed by atoms with van der Waals surface area (Å²) in [5.41, 5.74) is 2.73. The minimum atomic E-state index is 0.527. The van der Waals surface area contributed by atoms with Crippen LogP contribution in [-0.2, 0) is 13.1 Å². The molecule has 0 saturated carbocycles. The Labute approximate surface area is 131 Å². The monoisotopic (exact) mass is 339 g/mol. The fraction of sp³-hybridized carbons (Fsp3) is 0.625. The zero-order valence-electron chi connectivity index (χ0n) is 12.8. The predicted octanol–water partition coefficient (Wildman–Crippen LogP) is 2.69. The van der Waals surface area contributed by atoms with Gasteiger partial charge in [-0.1, -0.05) is 41.9 Å². The molecule has 0 spiro atoms. The zero-order chi connectivity index (χ0) is 14.5. The Kier molecular flexibility index (Phi) is 6.02. The van der Waals surface area contributed by atoms with Gasteiger partial charge in [-0.2, -0.15) is 0 Å². The maximum absolute atomic E-state index is 3.73. The maximum atomic E-state index is 3.73. The van der Waals surface area contributed by atoms with Crippen LogP contribution in [0.5, 0.6) is 0 Å². The van der Waals surface area contributed by atoms with E-state index in [9.17, 15) is 0 Å². The Balaban J connectivity index is 1.92. The van der Waals surface area contributed by atoms with Crippen molar-refractivity contribution in [1.82, 2.24) is 15.1 Å². The molecule has 3 nitrogen and oxygen atoms in total. The standard InChI is InChI=1S/C16H26BrN3/c1-13(2)18-11-14-4-5-15(16(17)10-14)12-20-8-6-19(3)7-9-20/h4-5,10,13,18H,6-9,11-12H2,1-3H3. The van der Waals surface area contributed by atoms with E-state index in [1.54, 1.807) is 0 Å². The lowest BCUT2D eigenvalue weighted by atomic mass is 10.1. The summed E-state index contributed by atoms with van der Waals surface area (Å²) in [6.45, 7) is 11.0. The fourth-order valence-electron chi connectivity index (χ4n) is 2.40. The van der Waals surface area contributed by atoms with Crippen molar-refractivity contribution in [2.24, 2.45) is 0 Å². The Hall–Kier alpha value is -0.420. The molecule has 0 radical (unpaired) electrons. The molecule has 0 unspecified atom stereocenters. The highest BCUT2D eigenvalue weighted by Gasteiger charge is 2.15. The van der Waals surface area contributed by atoms with Gasteiger partial charge >= 0.3 is 0 Å². The molecule has 1 aromatic carbocycles. The van der Waals surface area contributed by atoms with Crippen LogP contribution in [0.25, 0.3) is 0 Å². The van der Waals surface area contributed by atoms with Crippen LogP contribution in [0.15, 0.2) is 22.7 Å². The number of rotatable bonds is 5. The first-order valence-electron chi connectivity index (χ1n) is 7.46. The third kappa shape index (κ3) is 4.85. The minimum Gasteiger partial charge on any atom is -0.310 e. The molecule has 1 heterocycles. The van der Waals surface area contributed by atoms with E-state index >= 15 is 0 Å². The number of likely N-dealkylation sites (N-methyl/N-ethyl adjacent to an activating group) is 1.